The first-order valence-corrected chi connectivity index (χ1v) is 9.16. The SMILES string of the molecule is Cc1ccc(C)c(Sc2c(Br)cnn2S(=O)(=O)N(C)C)c1. The summed E-state index contributed by atoms with van der Waals surface area (Å²) in [6.45, 7) is 4.00. The molecule has 0 saturated heterocycles. The van der Waals surface area contributed by atoms with E-state index in [1.54, 1.807) is 0 Å². The van der Waals surface area contributed by atoms with Crippen molar-refractivity contribution in [3.8, 4) is 0 Å². The van der Waals surface area contributed by atoms with Crippen molar-refractivity contribution in [2.45, 2.75) is 23.8 Å². The van der Waals surface area contributed by atoms with E-state index >= 15 is 0 Å². The fourth-order valence-corrected chi connectivity index (χ4v) is 4.39. The molecule has 0 radical (unpaired) electrons. The molecule has 2 aromatic rings. The van der Waals surface area contributed by atoms with Gasteiger partial charge in [-0.15, -0.1) is 4.09 Å². The van der Waals surface area contributed by atoms with Crippen molar-refractivity contribution in [1.82, 2.24) is 13.5 Å². The molecule has 0 spiro atoms. The van der Waals surface area contributed by atoms with Crippen molar-refractivity contribution in [2.24, 2.45) is 0 Å². The van der Waals surface area contributed by atoms with Crippen LogP contribution in [0.1, 0.15) is 11.1 Å². The molecule has 21 heavy (non-hydrogen) atoms. The van der Waals surface area contributed by atoms with E-state index in [4.69, 9.17) is 0 Å². The second-order valence-electron chi connectivity index (χ2n) is 4.80. The van der Waals surface area contributed by atoms with Gasteiger partial charge in [-0.25, -0.2) is 0 Å². The van der Waals surface area contributed by atoms with E-state index in [1.807, 2.05) is 32.0 Å². The Morgan fingerprint density at radius 1 is 1.29 bits per heavy atom. The monoisotopic (exact) mass is 389 g/mol. The summed E-state index contributed by atoms with van der Waals surface area (Å²) < 4.78 is 27.4. The fourth-order valence-electron chi connectivity index (χ4n) is 1.63. The van der Waals surface area contributed by atoms with E-state index in [9.17, 15) is 8.42 Å². The van der Waals surface area contributed by atoms with Crippen molar-refractivity contribution in [3.05, 3.63) is 40.0 Å². The lowest BCUT2D eigenvalue weighted by atomic mass is 10.2. The average Bonchev–Trinajstić information content (AvgIpc) is 2.76. The highest BCUT2D eigenvalue weighted by molar-refractivity contribution is 9.10. The predicted octanol–water partition coefficient (Wildman–Crippen LogP) is 3.07. The predicted molar refractivity (Wildman–Crippen MR) is 88.0 cm³/mol. The largest absolute Gasteiger partial charge is 0.323 e. The summed E-state index contributed by atoms with van der Waals surface area (Å²) in [5, 5.41) is 4.52. The van der Waals surface area contributed by atoms with E-state index in [0.29, 0.717) is 9.50 Å². The second-order valence-corrected chi connectivity index (χ2v) is 8.66. The van der Waals surface area contributed by atoms with E-state index < -0.39 is 10.2 Å². The smallest absolute Gasteiger partial charge is 0.189 e. The van der Waals surface area contributed by atoms with Crippen LogP contribution in [-0.2, 0) is 10.2 Å². The summed E-state index contributed by atoms with van der Waals surface area (Å²) in [6, 6.07) is 6.08. The molecule has 1 heterocycles. The number of hydrogen-bond acceptors (Lipinski definition) is 4. The van der Waals surface area contributed by atoms with Crippen molar-refractivity contribution < 1.29 is 8.42 Å². The molecule has 0 aliphatic heterocycles. The lowest BCUT2D eigenvalue weighted by molar-refractivity contribution is 0.498. The van der Waals surface area contributed by atoms with Crippen molar-refractivity contribution in [1.29, 1.82) is 0 Å². The molecule has 0 amide bonds. The number of rotatable bonds is 4. The molecule has 0 saturated carbocycles. The zero-order valence-corrected chi connectivity index (χ0v) is 15.4. The first kappa shape index (κ1) is 16.5. The maximum Gasteiger partial charge on any atom is 0.323 e. The van der Waals surface area contributed by atoms with E-state index in [2.05, 4.69) is 21.0 Å². The number of halogens is 1. The zero-order chi connectivity index (χ0) is 15.8. The Hall–Kier alpha value is -0.830. The summed E-state index contributed by atoms with van der Waals surface area (Å²) in [6.07, 6.45) is 1.49. The maximum absolute atomic E-state index is 12.3. The molecular formula is C13H16BrN3O2S2. The van der Waals surface area contributed by atoms with Crippen LogP contribution in [0.2, 0.25) is 0 Å². The van der Waals surface area contributed by atoms with Gasteiger partial charge in [-0.3, -0.25) is 0 Å². The highest BCUT2D eigenvalue weighted by atomic mass is 79.9. The number of benzene rings is 1. The van der Waals surface area contributed by atoms with Gasteiger partial charge >= 0.3 is 10.2 Å². The summed E-state index contributed by atoms with van der Waals surface area (Å²) in [5.41, 5.74) is 2.22. The Kier molecular flexibility index (Phi) is 4.82. The molecule has 0 aliphatic rings. The number of hydrogen-bond donors (Lipinski definition) is 0. The molecule has 0 N–H and O–H groups in total. The zero-order valence-electron chi connectivity index (χ0n) is 12.2. The molecule has 0 bridgehead atoms. The van der Waals surface area contributed by atoms with Crippen molar-refractivity contribution in [3.63, 3.8) is 0 Å². The topological polar surface area (TPSA) is 55.2 Å². The van der Waals surface area contributed by atoms with Gasteiger partial charge in [0.05, 0.1) is 10.7 Å². The van der Waals surface area contributed by atoms with Gasteiger partial charge in [0, 0.05) is 19.0 Å². The van der Waals surface area contributed by atoms with Gasteiger partial charge in [0.15, 0.2) is 0 Å². The molecule has 0 aliphatic carbocycles. The van der Waals surface area contributed by atoms with Gasteiger partial charge in [0.1, 0.15) is 5.03 Å². The second kappa shape index (κ2) is 6.12. The minimum atomic E-state index is -3.64. The van der Waals surface area contributed by atoms with Crippen LogP contribution in [0.15, 0.2) is 38.8 Å². The number of nitrogens with zero attached hydrogens (tertiary/aromatic N) is 3. The van der Waals surface area contributed by atoms with Gasteiger partial charge in [-0.2, -0.15) is 17.8 Å². The first-order chi connectivity index (χ1) is 9.73. The molecule has 0 atom stereocenters. The van der Waals surface area contributed by atoms with Crippen molar-refractivity contribution >= 4 is 37.9 Å². The van der Waals surface area contributed by atoms with Crippen molar-refractivity contribution in [2.75, 3.05) is 14.1 Å². The van der Waals surface area contributed by atoms with Gasteiger partial charge in [0.2, 0.25) is 0 Å². The van der Waals surface area contributed by atoms with Crippen LogP contribution in [-0.4, -0.2) is 36.0 Å². The normalized spacial score (nSPS) is 12.1. The molecule has 2 rings (SSSR count). The highest BCUT2D eigenvalue weighted by Gasteiger charge is 2.24. The van der Waals surface area contributed by atoms with Crippen LogP contribution < -0.4 is 0 Å². The van der Waals surface area contributed by atoms with Crippen LogP contribution in [0.3, 0.4) is 0 Å². The number of aromatic nitrogens is 2. The Balaban J connectivity index is 2.51. The fraction of sp³-hybridized carbons (Fsp3) is 0.308. The third-order valence-electron chi connectivity index (χ3n) is 2.88. The summed E-state index contributed by atoms with van der Waals surface area (Å²) in [7, 11) is -0.675. The minimum Gasteiger partial charge on any atom is -0.189 e. The average molecular weight is 390 g/mol. The molecular weight excluding hydrogens is 374 g/mol. The molecule has 5 nitrogen and oxygen atoms in total. The van der Waals surface area contributed by atoms with E-state index in [1.165, 1.54) is 32.1 Å². The molecule has 0 unspecified atom stereocenters. The van der Waals surface area contributed by atoms with Crippen LogP contribution in [0.4, 0.5) is 0 Å². The Labute approximate surface area is 137 Å². The van der Waals surface area contributed by atoms with Crippen LogP contribution in [0, 0.1) is 13.8 Å². The highest BCUT2D eigenvalue weighted by Crippen LogP contribution is 2.36. The first-order valence-electron chi connectivity index (χ1n) is 6.15. The maximum atomic E-state index is 12.3. The minimum absolute atomic E-state index is 0.539. The lowest BCUT2D eigenvalue weighted by Crippen LogP contribution is -2.30. The van der Waals surface area contributed by atoms with Crippen LogP contribution in [0.25, 0.3) is 0 Å². The Bertz CT molecular complexity index is 770. The summed E-state index contributed by atoms with van der Waals surface area (Å²) in [5.74, 6) is 0. The molecule has 0 fully saturated rings. The molecule has 1 aromatic heterocycles. The summed E-state index contributed by atoms with van der Waals surface area (Å²) >= 11 is 4.75. The van der Waals surface area contributed by atoms with Gasteiger partial charge in [0.25, 0.3) is 0 Å². The molecule has 114 valence electrons. The third kappa shape index (κ3) is 3.33. The van der Waals surface area contributed by atoms with Crippen LogP contribution in [0.5, 0.6) is 0 Å². The Morgan fingerprint density at radius 2 is 1.95 bits per heavy atom. The van der Waals surface area contributed by atoms with E-state index in [-0.39, 0.29) is 0 Å². The summed E-state index contributed by atoms with van der Waals surface area (Å²) in [4.78, 5) is 1.01. The standard InChI is InChI=1S/C13H16BrN3O2S2/c1-9-5-6-10(2)12(7-9)20-13-11(14)8-15-17(13)21(18,19)16(3)4/h5-8H,1-4H3. The quantitative estimate of drug-likeness (QED) is 0.805. The Morgan fingerprint density at radius 3 is 2.57 bits per heavy atom. The van der Waals surface area contributed by atoms with Crippen LogP contribution >= 0.6 is 27.7 Å². The van der Waals surface area contributed by atoms with Gasteiger partial charge in [-0.05, 0) is 47.0 Å². The third-order valence-corrected chi connectivity index (χ3v) is 6.73. The number of aryl methyl sites for hydroxylation is 2. The lowest BCUT2D eigenvalue weighted by Gasteiger charge is -2.14. The molecule has 1 aromatic carbocycles. The van der Waals surface area contributed by atoms with E-state index in [0.717, 1.165) is 24.4 Å². The molecule has 8 heteroatoms. The van der Waals surface area contributed by atoms with Gasteiger partial charge in [-0.1, -0.05) is 23.9 Å². The van der Waals surface area contributed by atoms with Gasteiger partial charge < -0.3 is 0 Å².